The molecule has 0 radical (unpaired) electrons. The normalized spacial score (nSPS) is 10.8. The molecule has 0 aliphatic rings. The lowest BCUT2D eigenvalue weighted by molar-refractivity contribution is -0.275. The van der Waals surface area contributed by atoms with Gasteiger partial charge in [-0.05, 0) is 0 Å². The van der Waals surface area contributed by atoms with Gasteiger partial charge in [-0.2, -0.15) is 5.26 Å². The zero-order valence-corrected chi connectivity index (χ0v) is 8.59. The second-order valence-corrected chi connectivity index (χ2v) is 2.88. The van der Waals surface area contributed by atoms with Gasteiger partial charge in [0.2, 0.25) is 0 Å². The number of nitrogens with zero attached hydrogens (tertiary/aromatic N) is 1. The Labute approximate surface area is 93.4 Å². The van der Waals surface area contributed by atoms with Crippen LogP contribution in [0.5, 0.6) is 11.5 Å². The molecule has 1 aromatic rings. The molecule has 0 saturated carbocycles. The number of methoxy groups -OCH3 is 1. The molecule has 0 aromatic carbocycles. The third-order valence-corrected chi connectivity index (χ3v) is 1.80. The molecular weight excluding hydrogens is 241 g/mol. The SMILES string of the molecule is COc1c[nH]c(=O)c(CC#N)c1OC(F)(F)F. The van der Waals surface area contributed by atoms with E-state index in [1.807, 2.05) is 0 Å². The number of alkyl halides is 3. The summed E-state index contributed by atoms with van der Waals surface area (Å²) in [4.78, 5) is 13.4. The van der Waals surface area contributed by atoms with Gasteiger partial charge in [0.15, 0.2) is 11.5 Å². The second kappa shape index (κ2) is 4.78. The van der Waals surface area contributed by atoms with E-state index < -0.39 is 29.7 Å². The molecular formula is C9H7F3N2O3. The van der Waals surface area contributed by atoms with E-state index in [9.17, 15) is 18.0 Å². The fourth-order valence-corrected chi connectivity index (χ4v) is 1.15. The fourth-order valence-electron chi connectivity index (χ4n) is 1.15. The predicted octanol–water partition coefficient (Wildman–Crippen LogP) is 1.35. The first-order valence-corrected chi connectivity index (χ1v) is 4.30. The van der Waals surface area contributed by atoms with E-state index in [0.29, 0.717) is 0 Å². The maximum absolute atomic E-state index is 12.1. The summed E-state index contributed by atoms with van der Waals surface area (Å²) in [5, 5.41) is 8.45. The number of ether oxygens (including phenoxy) is 2. The summed E-state index contributed by atoms with van der Waals surface area (Å²) in [6, 6.07) is 1.58. The molecule has 0 saturated heterocycles. The minimum atomic E-state index is -4.97. The maximum atomic E-state index is 12.1. The highest BCUT2D eigenvalue weighted by Crippen LogP contribution is 2.33. The smallest absolute Gasteiger partial charge is 0.491 e. The van der Waals surface area contributed by atoms with E-state index in [4.69, 9.17) is 5.26 Å². The fraction of sp³-hybridized carbons (Fsp3) is 0.333. The van der Waals surface area contributed by atoms with Crippen molar-refractivity contribution >= 4 is 0 Å². The Hall–Kier alpha value is -2.17. The van der Waals surface area contributed by atoms with Crippen LogP contribution in [0.4, 0.5) is 13.2 Å². The molecule has 0 aliphatic carbocycles. The van der Waals surface area contributed by atoms with Crippen LogP contribution in [-0.2, 0) is 6.42 Å². The summed E-state index contributed by atoms with van der Waals surface area (Å²) in [6.07, 6.45) is -4.55. The van der Waals surface area contributed by atoms with Crippen LogP contribution in [0, 0.1) is 11.3 Å². The molecule has 0 aliphatic heterocycles. The lowest BCUT2D eigenvalue weighted by atomic mass is 10.2. The Morgan fingerprint density at radius 2 is 2.18 bits per heavy atom. The predicted molar refractivity (Wildman–Crippen MR) is 49.6 cm³/mol. The first-order valence-electron chi connectivity index (χ1n) is 4.30. The van der Waals surface area contributed by atoms with Gasteiger partial charge in [0, 0.05) is 0 Å². The van der Waals surface area contributed by atoms with Crippen molar-refractivity contribution in [3.63, 3.8) is 0 Å². The second-order valence-electron chi connectivity index (χ2n) is 2.88. The highest BCUT2D eigenvalue weighted by molar-refractivity contribution is 5.45. The van der Waals surface area contributed by atoms with Gasteiger partial charge in [-0.1, -0.05) is 0 Å². The van der Waals surface area contributed by atoms with Gasteiger partial charge >= 0.3 is 6.36 Å². The summed E-state index contributed by atoms with van der Waals surface area (Å²) in [5.74, 6) is -1.09. The lowest BCUT2D eigenvalue weighted by Crippen LogP contribution is -2.22. The van der Waals surface area contributed by atoms with Crippen LogP contribution >= 0.6 is 0 Å². The molecule has 1 rings (SSSR count). The Bertz CT molecular complexity index is 502. The summed E-state index contributed by atoms with van der Waals surface area (Å²) in [7, 11) is 1.12. The third-order valence-electron chi connectivity index (χ3n) is 1.80. The summed E-state index contributed by atoms with van der Waals surface area (Å²) < 4.78 is 44.7. The van der Waals surface area contributed by atoms with E-state index in [0.717, 1.165) is 13.3 Å². The van der Waals surface area contributed by atoms with Crippen LogP contribution < -0.4 is 15.0 Å². The van der Waals surface area contributed by atoms with Crippen molar-refractivity contribution < 1.29 is 22.6 Å². The zero-order valence-electron chi connectivity index (χ0n) is 8.59. The highest BCUT2D eigenvalue weighted by Gasteiger charge is 2.34. The van der Waals surface area contributed by atoms with Gasteiger partial charge < -0.3 is 14.5 Å². The molecule has 0 bridgehead atoms. The molecule has 8 heteroatoms. The average Bonchev–Trinajstić information content (AvgIpc) is 2.22. The van der Waals surface area contributed by atoms with Crippen LogP contribution in [-0.4, -0.2) is 18.5 Å². The third kappa shape index (κ3) is 3.14. The first kappa shape index (κ1) is 12.9. The summed E-state index contributed by atoms with van der Waals surface area (Å²) >= 11 is 0. The van der Waals surface area contributed by atoms with Gasteiger partial charge in [-0.25, -0.2) is 0 Å². The van der Waals surface area contributed by atoms with Crippen molar-refractivity contribution in [2.24, 2.45) is 0 Å². The topological polar surface area (TPSA) is 75.1 Å². The van der Waals surface area contributed by atoms with Crippen LogP contribution in [0.2, 0.25) is 0 Å². The van der Waals surface area contributed by atoms with Crippen LogP contribution in [0.25, 0.3) is 0 Å². The standard InChI is InChI=1S/C9H7F3N2O3/c1-16-6-4-14-8(15)5(2-3-13)7(6)17-9(10,11)12/h4H,2H2,1H3,(H,14,15). The molecule has 0 spiro atoms. The Kier molecular flexibility index (Phi) is 3.62. The number of nitrogens with one attached hydrogen (secondary N) is 1. The van der Waals surface area contributed by atoms with Gasteiger partial charge in [-0.15, -0.1) is 13.2 Å². The van der Waals surface area contributed by atoms with Crippen molar-refractivity contribution in [3.8, 4) is 17.6 Å². The van der Waals surface area contributed by atoms with Gasteiger partial charge in [-0.3, -0.25) is 4.79 Å². The molecule has 1 heterocycles. The number of pyridine rings is 1. The number of hydrogen-bond donors (Lipinski definition) is 1. The van der Waals surface area contributed by atoms with Crippen LogP contribution in [0.3, 0.4) is 0 Å². The van der Waals surface area contributed by atoms with Crippen molar-refractivity contribution in [1.82, 2.24) is 4.98 Å². The summed E-state index contributed by atoms with van der Waals surface area (Å²) in [5.41, 5.74) is -1.25. The highest BCUT2D eigenvalue weighted by atomic mass is 19.4. The first-order chi connectivity index (χ1) is 7.89. The maximum Gasteiger partial charge on any atom is 0.573 e. The number of H-pyrrole nitrogens is 1. The lowest BCUT2D eigenvalue weighted by Gasteiger charge is -2.14. The Balaban J connectivity index is 3.36. The number of aromatic amines is 1. The van der Waals surface area contributed by atoms with Crippen molar-refractivity contribution in [1.29, 1.82) is 5.26 Å². The average molecular weight is 248 g/mol. The molecule has 5 nitrogen and oxygen atoms in total. The van der Waals surface area contributed by atoms with Crippen molar-refractivity contribution in [3.05, 3.63) is 22.1 Å². The minimum absolute atomic E-state index is 0.299. The Morgan fingerprint density at radius 3 is 2.65 bits per heavy atom. The van der Waals surface area contributed by atoms with E-state index in [1.54, 1.807) is 6.07 Å². The molecule has 1 aromatic heterocycles. The molecule has 0 atom stereocenters. The molecule has 0 unspecified atom stereocenters. The van der Waals surface area contributed by atoms with Crippen LogP contribution in [0.15, 0.2) is 11.0 Å². The number of hydrogen-bond acceptors (Lipinski definition) is 4. The van der Waals surface area contributed by atoms with Crippen molar-refractivity contribution in [2.45, 2.75) is 12.8 Å². The van der Waals surface area contributed by atoms with E-state index in [1.165, 1.54) is 0 Å². The van der Waals surface area contributed by atoms with Crippen LogP contribution in [0.1, 0.15) is 5.56 Å². The van der Waals surface area contributed by atoms with Gasteiger partial charge in [0.1, 0.15) is 0 Å². The zero-order chi connectivity index (χ0) is 13.1. The molecule has 1 N–H and O–H groups in total. The molecule has 92 valence electrons. The van der Waals surface area contributed by atoms with Gasteiger partial charge in [0.05, 0.1) is 31.4 Å². The minimum Gasteiger partial charge on any atom is -0.491 e. The largest absolute Gasteiger partial charge is 0.573 e. The number of rotatable bonds is 3. The Morgan fingerprint density at radius 1 is 1.53 bits per heavy atom. The number of halogens is 3. The summed E-state index contributed by atoms with van der Waals surface area (Å²) in [6.45, 7) is 0. The van der Waals surface area contributed by atoms with E-state index in [2.05, 4.69) is 14.5 Å². The molecule has 17 heavy (non-hydrogen) atoms. The number of nitriles is 1. The van der Waals surface area contributed by atoms with E-state index in [-0.39, 0.29) is 5.75 Å². The van der Waals surface area contributed by atoms with Crippen molar-refractivity contribution in [2.75, 3.05) is 7.11 Å². The molecule has 0 amide bonds. The quantitative estimate of drug-likeness (QED) is 0.875. The molecule has 0 fully saturated rings. The number of aromatic nitrogens is 1. The van der Waals surface area contributed by atoms with E-state index >= 15 is 0 Å². The monoisotopic (exact) mass is 248 g/mol. The van der Waals surface area contributed by atoms with Gasteiger partial charge in [0.25, 0.3) is 5.56 Å².